The van der Waals surface area contributed by atoms with Crippen LogP contribution in [0.15, 0.2) is 36.7 Å². The first-order valence-corrected chi connectivity index (χ1v) is 6.07. The first-order chi connectivity index (χ1) is 9.79. The van der Waals surface area contributed by atoms with Crippen molar-refractivity contribution < 1.29 is 9.53 Å². The molecule has 0 spiro atoms. The molecule has 2 aromatic heterocycles. The number of anilines is 2. The predicted molar refractivity (Wildman–Crippen MR) is 74.6 cm³/mol. The van der Waals surface area contributed by atoms with Gasteiger partial charge in [-0.05, 0) is 24.3 Å². The van der Waals surface area contributed by atoms with Crippen molar-refractivity contribution in [1.29, 1.82) is 0 Å². The molecule has 7 heteroatoms. The summed E-state index contributed by atoms with van der Waals surface area (Å²) in [5.74, 6) is 0.741. The zero-order chi connectivity index (χ0) is 14.2. The molecule has 0 aromatic carbocycles. The van der Waals surface area contributed by atoms with Crippen molar-refractivity contribution in [3.05, 3.63) is 42.2 Å². The van der Waals surface area contributed by atoms with Gasteiger partial charge in [0, 0.05) is 26.0 Å². The second kappa shape index (κ2) is 7.15. The Hall–Kier alpha value is -2.54. The minimum absolute atomic E-state index is 0.271. The van der Waals surface area contributed by atoms with Crippen molar-refractivity contribution >= 4 is 17.5 Å². The Kier molecular flexibility index (Phi) is 4.96. The Morgan fingerprint density at radius 1 is 1.25 bits per heavy atom. The highest BCUT2D eigenvalue weighted by Gasteiger charge is 2.06. The van der Waals surface area contributed by atoms with Gasteiger partial charge in [-0.2, -0.15) is 0 Å². The van der Waals surface area contributed by atoms with Crippen LogP contribution >= 0.6 is 0 Å². The van der Waals surface area contributed by atoms with Gasteiger partial charge in [-0.15, -0.1) is 10.2 Å². The molecule has 2 heterocycles. The molecule has 1 amide bonds. The number of nitrogens with one attached hydrogen (secondary N) is 2. The molecule has 104 valence electrons. The van der Waals surface area contributed by atoms with Crippen molar-refractivity contribution in [2.75, 3.05) is 30.9 Å². The van der Waals surface area contributed by atoms with Crippen LogP contribution in [0.3, 0.4) is 0 Å². The lowest BCUT2D eigenvalue weighted by atomic mass is 10.3. The number of methoxy groups -OCH3 is 1. The van der Waals surface area contributed by atoms with E-state index in [1.807, 2.05) is 0 Å². The number of pyridine rings is 1. The average molecular weight is 273 g/mol. The van der Waals surface area contributed by atoms with E-state index in [4.69, 9.17) is 4.74 Å². The van der Waals surface area contributed by atoms with Gasteiger partial charge in [-0.1, -0.05) is 0 Å². The summed E-state index contributed by atoms with van der Waals surface area (Å²) < 4.78 is 4.92. The van der Waals surface area contributed by atoms with Crippen LogP contribution in [-0.2, 0) is 4.74 Å². The second-order valence-electron chi connectivity index (χ2n) is 3.92. The highest BCUT2D eigenvalue weighted by atomic mass is 16.5. The monoisotopic (exact) mass is 273 g/mol. The summed E-state index contributed by atoms with van der Waals surface area (Å²) in [4.78, 5) is 15.7. The number of amides is 1. The molecule has 0 unspecified atom stereocenters. The van der Waals surface area contributed by atoms with Crippen LogP contribution in [0.2, 0.25) is 0 Å². The molecule has 0 fully saturated rings. The fourth-order valence-electron chi connectivity index (χ4n) is 1.46. The second-order valence-corrected chi connectivity index (χ2v) is 3.92. The SMILES string of the molecule is COCCNc1ccc(NC(=O)c2cccnc2)nn1. The van der Waals surface area contributed by atoms with E-state index in [9.17, 15) is 4.79 Å². The third-order valence-corrected chi connectivity index (χ3v) is 2.44. The number of hydrogen-bond donors (Lipinski definition) is 2. The Morgan fingerprint density at radius 3 is 2.70 bits per heavy atom. The zero-order valence-electron chi connectivity index (χ0n) is 11.0. The van der Waals surface area contributed by atoms with Crippen molar-refractivity contribution in [3.8, 4) is 0 Å². The molecule has 0 saturated heterocycles. The summed E-state index contributed by atoms with van der Waals surface area (Å²) in [6, 6.07) is 6.79. The summed E-state index contributed by atoms with van der Waals surface area (Å²) in [5.41, 5.74) is 0.469. The first-order valence-electron chi connectivity index (χ1n) is 6.07. The smallest absolute Gasteiger partial charge is 0.258 e. The van der Waals surface area contributed by atoms with E-state index in [1.54, 1.807) is 37.6 Å². The van der Waals surface area contributed by atoms with Gasteiger partial charge in [0.2, 0.25) is 0 Å². The third kappa shape index (κ3) is 3.99. The van der Waals surface area contributed by atoms with Crippen molar-refractivity contribution in [1.82, 2.24) is 15.2 Å². The number of carbonyl (C=O) groups excluding carboxylic acids is 1. The number of ether oxygens (including phenoxy) is 1. The van der Waals surface area contributed by atoms with Gasteiger partial charge in [0.15, 0.2) is 5.82 Å². The van der Waals surface area contributed by atoms with Gasteiger partial charge in [0.1, 0.15) is 5.82 Å². The molecular weight excluding hydrogens is 258 g/mol. The molecule has 2 aromatic rings. The van der Waals surface area contributed by atoms with E-state index in [1.165, 1.54) is 6.20 Å². The Balaban J connectivity index is 1.92. The van der Waals surface area contributed by atoms with Crippen LogP contribution in [0.1, 0.15) is 10.4 Å². The number of aromatic nitrogens is 3. The van der Waals surface area contributed by atoms with Gasteiger partial charge < -0.3 is 15.4 Å². The summed E-state index contributed by atoms with van der Waals surface area (Å²) >= 11 is 0. The van der Waals surface area contributed by atoms with E-state index in [0.717, 1.165) is 0 Å². The van der Waals surface area contributed by atoms with E-state index >= 15 is 0 Å². The highest BCUT2D eigenvalue weighted by molar-refractivity contribution is 6.03. The van der Waals surface area contributed by atoms with Gasteiger partial charge in [-0.3, -0.25) is 9.78 Å². The number of carbonyl (C=O) groups is 1. The maximum atomic E-state index is 11.9. The van der Waals surface area contributed by atoms with E-state index in [-0.39, 0.29) is 5.91 Å². The topological polar surface area (TPSA) is 89.0 Å². The molecule has 0 aliphatic rings. The van der Waals surface area contributed by atoms with Gasteiger partial charge in [-0.25, -0.2) is 0 Å². The standard InChI is InChI=1S/C13H15N5O2/c1-20-8-7-15-11-4-5-12(18-17-11)16-13(19)10-3-2-6-14-9-10/h2-6,9H,7-8H2,1H3,(H,15,17)(H,16,18,19). The summed E-state index contributed by atoms with van der Waals surface area (Å²) in [6.07, 6.45) is 3.10. The van der Waals surface area contributed by atoms with Gasteiger partial charge >= 0.3 is 0 Å². The zero-order valence-corrected chi connectivity index (χ0v) is 11.0. The Bertz CT molecular complexity index is 544. The minimum atomic E-state index is -0.271. The molecule has 2 rings (SSSR count). The lowest BCUT2D eigenvalue weighted by Crippen LogP contribution is -2.14. The van der Waals surface area contributed by atoms with E-state index < -0.39 is 0 Å². The van der Waals surface area contributed by atoms with Crippen LogP contribution in [0.25, 0.3) is 0 Å². The summed E-state index contributed by atoms with van der Waals surface area (Å²) in [5, 5.41) is 13.6. The van der Waals surface area contributed by atoms with Crippen molar-refractivity contribution in [2.24, 2.45) is 0 Å². The number of rotatable bonds is 6. The molecule has 0 aliphatic heterocycles. The molecule has 2 N–H and O–H groups in total. The van der Waals surface area contributed by atoms with E-state index in [2.05, 4.69) is 25.8 Å². The largest absolute Gasteiger partial charge is 0.383 e. The summed E-state index contributed by atoms with van der Waals surface area (Å²) in [7, 11) is 1.63. The molecule has 0 atom stereocenters. The van der Waals surface area contributed by atoms with Crippen LogP contribution < -0.4 is 10.6 Å². The predicted octanol–water partition coefficient (Wildman–Crippen LogP) is 1.18. The first kappa shape index (κ1) is 13.9. The lowest BCUT2D eigenvalue weighted by molar-refractivity contribution is 0.102. The molecule has 7 nitrogen and oxygen atoms in total. The summed E-state index contributed by atoms with van der Waals surface area (Å²) in [6.45, 7) is 1.23. The van der Waals surface area contributed by atoms with E-state index in [0.29, 0.717) is 30.4 Å². The highest BCUT2D eigenvalue weighted by Crippen LogP contribution is 2.07. The van der Waals surface area contributed by atoms with Gasteiger partial charge in [0.05, 0.1) is 12.2 Å². The molecule has 0 saturated carbocycles. The minimum Gasteiger partial charge on any atom is -0.383 e. The maximum absolute atomic E-state index is 11.9. The van der Waals surface area contributed by atoms with Crippen LogP contribution in [0, 0.1) is 0 Å². The third-order valence-electron chi connectivity index (χ3n) is 2.44. The van der Waals surface area contributed by atoms with Crippen LogP contribution in [0.4, 0.5) is 11.6 Å². The molecule has 0 bridgehead atoms. The van der Waals surface area contributed by atoms with Crippen LogP contribution in [0.5, 0.6) is 0 Å². The Labute approximate surface area is 116 Å². The van der Waals surface area contributed by atoms with Crippen molar-refractivity contribution in [2.45, 2.75) is 0 Å². The molecule has 0 radical (unpaired) electrons. The number of nitrogens with zero attached hydrogens (tertiary/aromatic N) is 3. The Morgan fingerprint density at radius 2 is 2.05 bits per heavy atom. The quantitative estimate of drug-likeness (QED) is 0.768. The fraction of sp³-hybridized carbons (Fsp3) is 0.231. The molecular formula is C13H15N5O2. The van der Waals surface area contributed by atoms with Crippen LogP contribution in [-0.4, -0.2) is 41.3 Å². The van der Waals surface area contributed by atoms with Gasteiger partial charge in [0.25, 0.3) is 5.91 Å². The molecule has 0 aliphatic carbocycles. The fourth-order valence-corrected chi connectivity index (χ4v) is 1.46. The van der Waals surface area contributed by atoms with Crippen molar-refractivity contribution in [3.63, 3.8) is 0 Å². The molecule has 20 heavy (non-hydrogen) atoms. The number of hydrogen-bond acceptors (Lipinski definition) is 6. The maximum Gasteiger partial charge on any atom is 0.258 e. The normalized spacial score (nSPS) is 10.1. The average Bonchev–Trinajstić information content (AvgIpc) is 2.50. The lowest BCUT2D eigenvalue weighted by Gasteiger charge is -2.06.